The highest BCUT2D eigenvalue weighted by Gasteiger charge is 2.36. The molecule has 1 unspecified atom stereocenters. The van der Waals surface area contributed by atoms with E-state index in [-0.39, 0.29) is 17.4 Å². The van der Waals surface area contributed by atoms with E-state index in [9.17, 15) is 4.79 Å². The van der Waals surface area contributed by atoms with Gasteiger partial charge < -0.3 is 19.5 Å². The van der Waals surface area contributed by atoms with Crippen molar-refractivity contribution in [3.63, 3.8) is 0 Å². The number of carbonyl (C=O) groups is 1. The molecule has 0 aliphatic carbocycles. The molecule has 0 fully saturated rings. The van der Waals surface area contributed by atoms with Crippen LogP contribution in [0.4, 0.5) is 0 Å². The Balaban J connectivity index is 2.25. The van der Waals surface area contributed by atoms with E-state index in [2.05, 4.69) is 44.9 Å². The molecule has 0 radical (unpaired) electrons. The lowest BCUT2D eigenvalue weighted by Crippen LogP contribution is -2.31. The van der Waals surface area contributed by atoms with Crippen LogP contribution in [0.15, 0.2) is 29.2 Å². The Labute approximate surface area is 192 Å². The summed E-state index contributed by atoms with van der Waals surface area (Å²) in [5.41, 5.74) is 3.93. The van der Waals surface area contributed by atoms with E-state index in [0.717, 1.165) is 40.9 Å². The van der Waals surface area contributed by atoms with Gasteiger partial charge >= 0.3 is 0 Å². The molecule has 1 atom stereocenters. The van der Waals surface area contributed by atoms with Crippen molar-refractivity contribution in [1.29, 1.82) is 0 Å². The number of methoxy groups -OCH3 is 1. The molecular formula is C27H35NO4. The van der Waals surface area contributed by atoms with Gasteiger partial charge in [-0.15, -0.1) is 5.92 Å². The average molecular weight is 438 g/mol. The molecule has 32 heavy (non-hydrogen) atoms. The zero-order valence-corrected chi connectivity index (χ0v) is 20.4. The molecule has 0 saturated heterocycles. The quantitative estimate of drug-likeness (QED) is 0.650. The molecule has 2 heterocycles. The first-order chi connectivity index (χ1) is 15.2. The van der Waals surface area contributed by atoms with E-state index in [1.54, 1.807) is 14.0 Å². The van der Waals surface area contributed by atoms with Gasteiger partial charge in [-0.3, -0.25) is 4.79 Å². The summed E-state index contributed by atoms with van der Waals surface area (Å²) in [4.78, 5) is 13.4. The van der Waals surface area contributed by atoms with E-state index >= 15 is 0 Å². The second kappa shape index (κ2) is 9.83. The van der Waals surface area contributed by atoms with Crippen LogP contribution in [0.3, 0.4) is 0 Å². The first-order valence-corrected chi connectivity index (χ1v) is 11.3. The Morgan fingerprint density at radius 1 is 1.25 bits per heavy atom. The van der Waals surface area contributed by atoms with Crippen LogP contribution >= 0.6 is 0 Å². The number of carbonyl (C=O) groups excluding carboxylic acids is 1. The predicted octanol–water partition coefficient (Wildman–Crippen LogP) is 5.12. The van der Waals surface area contributed by atoms with Crippen molar-refractivity contribution in [2.75, 3.05) is 20.3 Å². The van der Waals surface area contributed by atoms with Crippen molar-refractivity contribution in [3.8, 4) is 17.6 Å². The topological polar surface area (TPSA) is 56.8 Å². The summed E-state index contributed by atoms with van der Waals surface area (Å²) < 4.78 is 18.5. The number of benzene rings is 1. The normalized spacial score (nSPS) is 18.8. The van der Waals surface area contributed by atoms with Crippen molar-refractivity contribution < 1.29 is 19.0 Å². The predicted molar refractivity (Wildman–Crippen MR) is 127 cm³/mol. The molecule has 2 aliphatic rings. The van der Waals surface area contributed by atoms with Crippen LogP contribution in [0.2, 0.25) is 0 Å². The molecule has 2 aliphatic heterocycles. The first kappa shape index (κ1) is 23.9. The van der Waals surface area contributed by atoms with Crippen LogP contribution in [0.25, 0.3) is 5.57 Å². The molecule has 5 nitrogen and oxygen atoms in total. The standard InChI is InChI=1S/C27H35NO4/c1-8-10-18-12-17(3)23(21(13-18)30-7)24-22-15-20(31-11-9-2)14-19(16-28-26(24)29)25(32-22)27(4,5)6/h12-13,20H,9,11,14-16H2,1-7H3,(H,28,29). The minimum atomic E-state index is -0.201. The smallest absolute Gasteiger partial charge is 0.255 e. The average Bonchev–Trinajstić information content (AvgIpc) is 2.87. The van der Waals surface area contributed by atoms with Gasteiger partial charge in [0.25, 0.3) is 5.91 Å². The number of nitrogens with one attached hydrogen (secondary N) is 1. The third-order valence-corrected chi connectivity index (χ3v) is 5.68. The second-order valence-corrected chi connectivity index (χ2v) is 9.41. The molecule has 172 valence electrons. The van der Waals surface area contributed by atoms with Crippen molar-refractivity contribution in [2.45, 2.75) is 66.9 Å². The number of aryl methyl sites for hydroxylation is 1. The highest BCUT2D eigenvalue weighted by molar-refractivity contribution is 6.21. The summed E-state index contributed by atoms with van der Waals surface area (Å²) in [5, 5.41) is 3.13. The van der Waals surface area contributed by atoms with Gasteiger partial charge in [0.2, 0.25) is 0 Å². The summed E-state index contributed by atoms with van der Waals surface area (Å²) in [6, 6.07) is 3.87. The lowest BCUT2D eigenvalue weighted by atomic mass is 9.89. The molecule has 0 aromatic heterocycles. The zero-order chi connectivity index (χ0) is 23.5. The van der Waals surface area contributed by atoms with Gasteiger partial charge in [-0.2, -0.15) is 0 Å². The maximum absolute atomic E-state index is 13.4. The monoisotopic (exact) mass is 437 g/mol. The molecule has 3 rings (SSSR count). The minimum absolute atomic E-state index is 0.0426. The zero-order valence-electron chi connectivity index (χ0n) is 20.4. The maximum atomic E-state index is 13.4. The van der Waals surface area contributed by atoms with Crippen molar-refractivity contribution in [3.05, 3.63) is 45.9 Å². The molecule has 1 N–H and O–H groups in total. The molecule has 2 bridgehead atoms. The molecule has 1 aromatic carbocycles. The Morgan fingerprint density at radius 2 is 2.00 bits per heavy atom. The van der Waals surface area contributed by atoms with Crippen LogP contribution < -0.4 is 10.1 Å². The molecule has 5 heteroatoms. The Kier molecular flexibility index (Phi) is 7.36. The van der Waals surface area contributed by atoms with E-state index in [0.29, 0.717) is 36.7 Å². The molecule has 0 spiro atoms. The van der Waals surface area contributed by atoms with Crippen molar-refractivity contribution >= 4 is 11.5 Å². The van der Waals surface area contributed by atoms with Gasteiger partial charge in [-0.05, 0) is 43.5 Å². The summed E-state index contributed by atoms with van der Waals surface area (Å²) in [7, 11) is 1.62. The molecular weight excluding hydrogens is 402 g/mol. The van der Waals surface area contributed by atoms with Crippen molar-refractivity contribution in [2.24, 2.45) is 5.41 Å². The number of hydrogen-bond donors (Lipinski definition) is 1. The van der Waals surface area contributed by atoms with E-state index in [1.165, 1.54) is 0 Å². The number of rotatable bonds is 5. The van der Waals surface area contributed by atoms with Gasteiger partial charge in [0, 0.05) is 42.5 Å². The Hall–Kier alpha value is -2.71. The van der Waals surface area contributed by atoms with Gasteiger partial charge in [0.05, 0.1) is 18.8 Å². The van der Waals surface area contributed by atoms with Crippen molar-refractivity contribution in [1.82, 2.24) is 5.32 Å². The summed E-state index contributed by atoms with van der Waals surface area (Å²) in [6.07, 6.45) is 2.17. The fourth-order valence-corrected chi connectivity index (χ4v) is 4.38. The van der Waals surface area contributed by atoms with Crippen LogP contribution in [0.1, 0.15) is 70.6 Å². The lowest BCUT2D eigenvalue weighted by Gasteiger charge is -2.29. The van der Waals surface area contributed by atoms with E-state index in [4.69, 9.17) is 14.2 Å². The number of amides is 1. The fraction of sp³-hybridized carbons (Fsp3) is 0.519. The minimum Gasteiger partial charge on any atom is -0.496 e. The highest BCUT2D eigenvalue weighted by Crippen LogP contribution is 2.42. The van der Waals surface area contributed by atoms with Gasteiger partial charge in [0.1, 0.15) is 17.3 Å². The third kappa shape index (κ3) is 5.02. The van der Waals surface area contributed by atoms with Crippen LogP contribution in [0, 0.1) is 24.2 Å². The number of allylic oxidation sites excluding steroid dienone is 1. The molecule has 0 saturated carbocycles. The summed E-state index contributed by atoms with van der Waals surface area (Å²) in [6.45, 7) is 13.4. The van der Waals surface area contributed by atoms with Gasteiger partial charge in [0.15, 0.2) is 0 Å². The van der Waals surface area contributed by atoms with E-state index < -0.39 is 0 Å². The molecule has 1 aromatic rings. The number of fused-ring (bicyclic) bond motifs is 2. The summed E-state index contributed by atoms with van der Waals surface area (Å²) in [5.74, 6) is 8.02. The second-order valence-electron chi connectivity index (χ2n) is 9.41. The lowest BCUT2D eigenvalue weighted by molar-refractivity contribution is -0.115. The Bertz CT molecular complexity index is 1010. The van der Waals surface area contributed by atoms with Gasteiger partial charge in [-0.25, -0.2) is 0 Å². The SMILES string of the molecule is CC#Cc1cc(C)c(C2=C3CC(OCCC)CC(=C(C(C)(C)C)O3)CNC2=O)c(OC)c1. The van der Waals surface area contributed by atoms with E-state index in [1.807, 2.05) is 19.1 Å². The Morgan fingerprint density at radius 3 is 2.62 bits per heavy atom. The highest BCUT2D eigenvalue weighted by atomic mass is 16.5. The van der Waals surface area contributed by atoms with Crippen LogP contribution in [0.5, 0.6) is 5.75 Å². The number of ether oxygens (including phenoxy) is 3. The largest absolute Gasteiger partial charge is 0.496 e. The van der Waals surface area contributed by atoms with Crippen LogP contribution in [-0.4, -0.2) is 32.3 Å². The number of hydrogen-bond acceptors (Lipinski definition) is 4. The first-order valence-electron chi connectivity index (χ1n) is 11.3. The maximum Gasteiger partial charge on any atom is 0.255 e. The van der Waals surface area contributed by atoms with Gasteiger partial charge in [-0.1, -0.05) is 33.6 Å². The van der Waals surface area contributed by atoms with Crippen LogP contribution in [-0.2, 0) is 14.3 Å². The molecule has 1 amide bonds. The third-order valence-electron chi connectivity index (χ3n) is 5.68. The fourth-order valence-electron chi connectivity index (χ4n) is 4.38. The summed E-state index contributed by atoms with van der Waals surface area (Å²) >= 11 is 0.